The maximum absolute atomic E-state index is 13.0. The standard InChI is InChI=1S/C32H37ClN4O3S.C26H24Cl2N2O3S.C21H21BrClNO3S.C5H3ClN.3C4H9.CH4.Sn/c1-19(2)36-14-16-37(17-15-36)25-9-7-8-23(34-25)30-35-24-18-20(3)26(28(31(38)39)40-32(4,5)6)27(29(24)41-30)21-10-12-22(33)13-11-21;1-14-13-18-23(34-24(30-18)17-7-6-8-19(28)29-17)21(15-9-11-16(27)12-10-15)20(14)22(25(31)32-5)33-26(2,3)4;1-11-10-14-18(28-20(22)24-14)16(12-6-8-13(23)9-7-12)15(11)17(19(25)26-5)27-21(2,3)4;6-5-3-1-2-4-7-5;3*1-3-4-2;;/h7-13,18-19,28H,14-17H2,1-6H3,(H,38,39);6-13,22H,1-5H3;6-10,17H,1-5H3;1-3H;3*1,3-4H2,2H3;1H4;/t28-;22-;17-;;;;;;/m000....../s1. The number of halogens is 6. The van der Waals surface area contributed by atoms with Crippen LogP contribution >= 0.6 is 108 Å². The fraction of sp³-hybridized carbons (Fsp3) is 0.412. The first-order valence-corrected chi connectivity index (χ1v) is 54.3. The molecule has 1 aliphatic heterocycles. The number of aryl methyl sites for hydroxylation is 3. The van der Waals surface area contributed by atoms with Gasteiger partial charge in [0.2, 0.25) is 0 Å². The van der Waals surface area contributed by atoms with Crippen LogP contribution in [0.25, 0.3) is 85.4 Å². The van der Waals surface area contributed by atoms with Crippen molar-refractivity contribution in [1.29, 1.82) is 0 Å². The smallest absolute Gasteiger partial charge is 0.339 e. The van der Waals surface area contributed by atoms with Crippen LogP contribution in [-0.2, 0) is 38.1 Å². The number of unbranched alkanes of at least 4 members (excludes halogenated alkanes) is 3. The van der Waals surface area contributed by atoms with E-state index in [1.807, 2.05) is 204 Å². The first-order chi connectivity index (χ1) is 58.3. The molecule has 0 radical (unpaired) electrons. The van der Waals surface area contributed by atoms with Gasteiger partial charge in [0, 0.05) is 80.7 Å². The third-order valence-electron chi connectivity index (χ3n) is 21.0. The van der Waals surface area contributed by atoms with E-state index in [9.17, 15) is 19.5 Å². The van der Waals surface area contributed by atoms with Crippen LogP contribution in [0.15, 0.2) is 150 Å². The van der Waals surface area contributed by atoms with Gasteiger partial charge in [0.05, 0.1) is 61.7 Å². The van der Waals surface area contributed by atoms with Crippen molar-refractivity contribution in [3.63, 3.8) is 0 Å². The number of hydrogen-bond donors (Lipinski definition) is 1. The number of esters is 2. The van der Waals surface area contributed by atoms with Crippen LogP contribution in [0.3, 0.4) is 0 Å². The summed E-state index contributed by atoms with van der Waals surface area (Å²) >= 11 is 36.5. The predicted octanol–water partition coefficient (Wildman–Crippen LogP) is 28.3. The molecule has 0 saturated carbocycles. The fourth-order valence-corrected chi connectivity index (χ4v) is 35.3. The van der Waals surface area contributed by atoms with Crippen LogP contribution in [0.4, 0.5) is 5.82 Å². The van der Waals surface area contributed by atoms with E-state index in [0.29, 0.717) is 42.7 Å². The van der Waals surface area contributed by atoms with E-state index in [2.05, 4.69) is 88.5 Å². The summed E-state index contributed by atoms with van der Waals surface area (Å²) < 4.78 is 38.2. The van der Waals surface area contributed by atoms with Crippen molar-refractivity contribution < 1.29 is 43.2 Å². The number of fused-ring (bicyclic) bond motifs is 3. The summed E-state index contributed by atoms with van der Waals surface area (Å²) in [6, 6.07) is 46.9. The Balaban J connectivity index is 0.000000192. The summed E-state index contributed by atoms with van der Waals surface area (Å²) in [5.41, 5.74) is 12.2. The van der Waals surface area contributed by atoms with Crippen molar-refractivity contribution >= 4 is 184 Å². The number of aliphatic carboxylic acids is 1. The van der Waals surface area contributed by atoms with E-state index in [4.69, 9.17) is 102 Å². The molecule has 1 fully saturated rings. The number of carboxylic acids is 1. The van der Waals surface area contributed by atoms with E-state index in [-0.39, 0.29) is 7.43 Å². The second-order valence-corrected chi connectivity index (χ2v) is 53.4. The Morgan fingerprint density at radius 1 is 0.476 bits per heavy atom. The third kappa shape index (κ3) is 26.3. The summed E-state index contributed by atoms with van der Waals surface area (Å²) in [4.78, 5) is 71.7. The van der Waals surface area contributed by atoms with Crippen LogP contribution < -0.4 is 8.61 Å². The zero-order valence-electron chi connectivity index (χ0n) is 73.6. The summed E-state index contributed by atoms with van der Waals surface area (Å²) in [5, 5.41) is 14.8. The van der Waals surface area contributed by atoms with Gasteiger partial charge in [-0.3, -0.25) is 4.90 Å². The molecular formula is C97H116BrCl5N8O9S3Sn. The number of benzene rings is 6. The third-order valence-corrected chi connectivity index (χ3v) is 41.0. The van der Waals surface area contributed by atoms with Gasteiger partial charge in [-0.1, -0.05) is 102 Å². The number of carbonyl (C=O) groups is 3. The van der Waals surface area contributed by atoms with Crippen LogP contribution in [0.1, 0.15) is 195 Å². The van der Waals surface area contributed by atoms with Gasteiger partial charge in [0.15, 0.2) is 22.2 Å². The molecule has 0 aliphatic carbocycles. The van der Waals surface area contributed by atoms with Crippen LogP contribution in [-0.4, -0.2) is 139 Å². The van der Waals surface area contributed by atoms with Crippen molar-refractivity contribution in [3.8, 4) is 54.8 Å². The number of thiazole rings is 3. The summed E-state index contributed by atoms with van der Waals surface area (Å²) in [6.07, 6.45) is 5.09. The molecular weight excluding hydrogens is 1890 g/mol. The molecule has 17 nitrogen and oxygen atoms in total. The first kappa shape index (κ1) is 101. The molecule has 13 rings (SSSR count). The number of aromatic nitrogens is 6. The van der Waals surface area contributed by atoms with Crippen LogP contribution in [0.5, 0.6) is 0 Å². The normalized spacial score (nSPS) is 13.5. The second kappa shape index (κ2) is 45.0. The number of methoxy groups -OCH3 is 2. The van der Waals surface area contributed by atoms with Gasteiger partial charge in [0.1, 0.15) is 32.4 Å². The van der Waals surface area contributed by atoms with Gasteiger partial charge in [0.25, 0.3) is 0 Å². The van der Waals surface area contributed by atoms with E-state index in [1.54, 1.807) is 6.07 Å². The quantitative estimate of drug-likeness (QED) is 0.0304. The molecule has 0 amide bonds. The summed E-state index contributed by atoms with van der Waals surface area (Å²) in [5.74, 6) is -0.983. The number of ether oxygens (including phenoxy) is 5. The number of carbonyl (C=O) groups excluding carboxylic acids is 2. The molecule has 1 aliphatic rings. The molecule has 0 unspecified atom stereocenters. The van der Waals surface area contributed by atoms with Crippen molar-refractivity contribution in [2.75, 3.05) is 45.3 Å². The van der Waals surface area contributed by atoms with Crippen molar-refractivity contribution in [1.82, 2.24) is 34.8 Å². The minimum absolute atomic E-state index is 0. The Morgan fingerprint density at radius 2 is 0.831 bits per heavy atom. The largest absolute Gasteiger partial charge is 0.479 e. The maximum Gasteiger partial charge on any atom is 0.339 e. The van der Waals surface area contributed by atoms with Crippen molar-refractivity contribution in [2.45, 2.75) is 218 Å². The Hall–Kier alpha value is -6.78. The van der Waals surface area contributed by atoms with E-state index in [1.165, 1.54) is 104 Å². The number of anilines is 1. The average Bonchev–Trinajstić information content (AvgIpc) is 1.45. The molecule has 12 aromatic rings. The van der Waals surface area contributed by atoms with Gasteiger partial charge in [-0.05, 0) is 225 Å². The van der Waals surface area contributed by atoms with Crippen LogP contribution in [0, 0.1) is 20.8 Å². The number of rotatable bonds is 26. The molecule has 0 bridgehead atoms. The van der Waals surface area contributed by atoms with Gasteiger partial charge in [-0.2, -0.15) is 0 Å². The van der Waals surface area contributed by atoms with E-state index < -0.39 is 71.4 Å². The maximum atomic E-state index is 13.0. The number of nitrogens with zero attached hydrogens (tertiary/aromatic N) is 8. The SMILES string of the molecule is C.CCC[CH2][Sn]([CH2]CCC)([CH2]CCC)[c]1cccc(Cl)n1.COC(=O)[C@@H](OC(C)(C)C)c1c(C)cc2nc(-c3cccc(Cl)n3)sc2c1-c1ccc(Cl)cc1.COC(=O)[C@@H](OC(C)(C)C)c1c(C)cc2nc(Br)sc2c1-c1ccc(Cl)cc1.Cc1cc2nc(-c3cccc(N4CCN(C(C)C)CC4)n3)sc2c(-c2ccc(Cl)cc2)c1[C@H](OC(C)(C)C)C(=O)O. The van der Waals surface area contributed by atoms with Crippen molar-refractivity contribution in [3.05, 3.63) is 208 Å². The number of carboxylic acid groups (broad SMARTS) is 1. The minimum atomic E-state index is -2.33. The summed E-state index contributed by atoms with van der Waals surface area (Å²) in [7, 11) is 2.74. The van der Waals surface area contributed by atoms with E-state index >= 15 is 0 Å². The molecule has 662 valence electrons. The monoisotopic (exact) mass is 2010 g/mol. The van der Waals surface area contributed by atoms with Gasteiger partial charge in [-0.15, -0.1) is 34.0 Å². The Labute approximate surface area is 781 Å². The zero-order chi connectivity index (χ0) is 89.6. The first-order valence-electron chi connectivity index (χ1n) is 41.7. The molecule has 7 heterocycles. The number of piperazine rings is 1. The number of pyridine rings is 3. The number of hydrogen-bond acceptors (Lipinski definition) is 19. The molecule has 1 saturated heterocycles. The Kier molecular flexibility index (Phi) is 36.6. The zero-order valence-corrected chi connectivity index (χ0v) is 84.3. The van der Waals surface area contributed by atoms with Crippen LogP contribution in [0.2, 0.25) is 38.7 Å². The Morgan fingerprint density at radius 3 is 1.19 bits per heavy atom. The molecule has 0 spiro atoms. The second-order valence-electron chi connectivity index (χ2n) is 34.0. The van der Waals surface area contributed by atoms with Crippen molar-refractivity contribution in [2.24, 2.45) is 0 Å². The molecule has 124 heavy (non-hydrogen) atoms. The topological polar surface area (TPSA) is 201 Å². The molecule has 6 aromatic carbocycles. The van der Waals surface area contributed by atoms with Gasteiger partial charge in [-0.25, -0.2) is 39.3 Å². The Bertz CT molecular complexity index is 5610. The fourth-order valence-electron chi connectivity index (χ4n) is 15.2. The van der Waals surface area contributed by atoms with Gasteiger partial charge >= 0.3 is 153 Å². The minimum Gasteiger partial charge on any atom is -0.479 e. The predicted molar refractivity (Wildman–Crippen MR) is 525 cm³/mol. The summed E-state index contributed by atoms with van der Waals surface area (Å²) in [6.45, 7) is 38.2. The molecule has 1 N–H and O–H groups in total. The molecule has 3 atom stereocenters. The van der Waals surface area contributed by atoms with E-state index in [0.717, 1.165) is 143 Å². The molecule has 6 aromatic heterocycles. The average molecular weight is 2010 g/mol. The molecule has 27 heteroatoms. The van der Waals surface area contributed by atoms with Gasteiger partial charge < -0.3 is 33.7 Å².